The van der Waals surface area contributed by atoms with Gasteiger partial charge in [-0.2, -0.15) is 10.2 Å². The van der Waals surface area contributed by atoms with Gasteiger partial charge in [0.15, 0.2) is 5.65 Å². The quantitative estimate of drug-likeness (QED) is 0.426. The lowest BCUT2D eigenvalue weighted by atomic mass is 10.00. The Morgan fingerprint density at radius 1 is 1.12 bits per heavy atom. The minimum absolute atomic E-state index is 0.160. The maximum absolute atomic E-state index is 14.0. The lowest BCUT2D eigenvalue weighted by molar-refractivity contribution is 0.256. The van der Waals surface area contributed by atoms with Crippen molar-refractivity contribution in [2.24, 2.45) is 0 Å². The second-order valence-corrected chi connectivity index (χ2v) is 7.67. The van der Waals surface area contributed by atoms with E-state index in [2.05, 4.69) is 21.0 Å². The third-order valence-corrected chi connectivity index (χ3v) is 5.78. The van der Waals surface area contributed by atoms with Crippen LogP contribution in [-0.4, -0.2) is 35.7 Å². The van der Waals surface area contributed by atoms with Crippen LogP contribution in [0.5, 0.6) is 5.75 Å². The van der Waals surface area contributed by atoms with Gasteiger partial charge in [-0.25, -0.2) is 19.3 Å². The highest BCUT2D eigenvalue weighted by Gasteiger charge is 2.27. The van der Waals surface area contributed by atoms with Gasteiger partial charge in [-0.3, -0.25) is 4.57 Å². The van der Waals surface area contributed by atoms with Crippen molar-refractivity contribution in [2.75, 3.05) is 6.61 Å². The normalized spacial score (nSPS) is 15.5. The maximum Gasteiger partial charge on any atom is 0.237 e. The molecule has 0 saturated heterocycles. The number of rotatable bonds is 2. The van der Waals surface area contributed by atoms with Crippen LogP contribution < -0.4 is 4.74 Å². The lowest BCUT2D eigenvalue weighted by Crippen LogP contribution is -2.21. The molecule has 0 amide bonds. The molecule has 0 bridgehead atoms. The minimum atomic E-state index is -0.310. The summed E-state index contributed by atoms with van der Waals surface area (Å²) >= 11 is 0. The van der Waals surface area contributed by atoms with E-state index in [4.69, 9.17) is 9.72 Å². The van der Waals surface area contributed by atoms with Crippen LogP contribution in [0.4, 0.5) is 4.39 Å². The SMILES string of the molecule is Cc1nc2cnc(-n3cnc4ccc(C#N)cc43)nc2n1[C@@H]1CCOc2ccc(F)cc21. The van der Waals surface area contributed by atoms with Crippen molar-refractivity contribution >= 4 is 22.2 Å². The number of imidazole rings is 2. The van der Waals surface area contributed by atoms with Crippen LogP contribution in [0.25, 0.3) is 28.1 Å². The van der Waals surface area contributed by atoms with Crippen molar-refractivity contribution in [1.29, 1.82) is 5.26 Å². The summed E-state index contributed by atoms with van der Waals surface area (Å²) in [6, 6.07) is 11.8. The maximum atomic E-state index is 14.0. The lowest BCUT2D eigenvalue weighted by Gasteiger charge is -2.28. The highest BCUT2D eigenvalue weighted by atomic mass is 19.1. The molecule has 0 radical (unpaired) electrons. The summed E-state index contributed by atoms with van der Waals surface area (Å²) in [6.07, 6.45) is 3.98. The molecule has 5 aromatic rings. The second-order valence-electron chi connectivity index (χ2n) is 7.67. The van der Waals surface area contributed by atoms with E-state index >= 15 is 0 Å². The molecule has 32 heavy (non-hydrogen) atoms. The fourth-order valence-corrected chi connectivity index (χ4v) is 4.34. The fraction of sp³-hybridized carbons (Fsp3) is 0.174. The summed E-state index contributed by atoms with van der Waals surface area (Å²) in [4.78, 5) is 18.3. The standard InChI is InChI=1S/C23H16FN7O/c1-13-28-18-11-26-23(30-12-27-17-4-2-14(10-25)8-20(17)30)29-22(18)31(13)19-6-7-32-21-5-3-15(24)9-16(19)21/h2-5,8-9,11-12,19H,6-7H2,1H3/t19-/m1/s1. The molecule has 1 aliphatic heterocycles. The number of benzene rings is 2. The molecule has 1 atom stereocenters. The van der Waals surface area contributed by atoms with E-state index in [1.54, 1.807) is 41.4 Å². The zero-order chi connectivity index (χ0) is 21.8. The summed E-state index contributed by atoms with van der Waals surface area (Å²) in [5, 5.41) is 9.26. The smallest absolute Gasteiger partial charge is 0.237 e. The van der Waals surface area contributed by atoms with E-state index in [0.717, 1.165) is 22.4 Å². The number of halogens is 1. The molecular weight excluding hydrogens is 409 g/mol. The first-order valence-corrected chi connectivity index (χ1v) is 10.1. The van der Waals surface area contributed by atoms with Crippen LogP contribution in [-0.2, 0) is 0 Å². The zero-order valence-electron chi connectivity index (χ0n) is 17.0. The minimum Gasteiger partial charge on any atom is -0.493 e. The Morgan fingerprint density at radius 2 is 2.03 bits per heavy atom. The highest BCUT2D eigenvalue weighted by molar-refractivity contribution is 5.79. The largest absolute Gasteiger partial charge is 0.493 e. The summed E-state index contributed by atoms with van der Waals surface area (Å²) in [6.45, 7) is 2.42. The van der Waals surface area contributed by atoms with Gasteiger partial charge in [-0.15, -0.1) is 0 Å². The average Bonchev–Trinajstić information content (AvgIpc) is 3.37. The van der Waals surface area contributed by atoms with Crippen LogP contribution in [0.15, 0.2) is 48.9 Å². The van der Waals surface area contributed by atoms with Gasteiger partial charge in [0.2, 0.25) is 5.95 Å². The van der Waals surface area contributed by atoms with Crippen LogP contribution in [0.2, 0.25) is 0 Å². The number of aromatic nitrogens is 6. The molecule has 0 spiro atoms. The molecule has 0 aliphatic carbocycles. The average molecular weight is 425 g/mol. The van der Waals surface area contributed by atoms with Crippen molar-refractivity contribution in [3.05, 3.63) is 71.7 Å². The Balaban J connectivity index is 1.55. The van der Waals surface area contributed by atoms with Crippen molar-refractivity contribution in [3.8, 4) is 17.8 Å². The summed E-state index contributed by atoms with van der Waals surface area (Å²) in [5.74, 6) is 1.54. The molecule has 8 nitrogen and oxygen atoms in total. The fourth-order valence-electron chi connectivity index (χ4n) is 4.34. The van der Waals surface area contributed by atoms with Crippen LogP contribution in [0, 0.1) is 24.1 Å². The Bertz CT molecular complexity index is 1560. The molecule has 6 rings (SSSR count). The molecular formula is C23H16FN7O. The predicted molar refractivity (Wildman–Crippen MR) is 114 cm³/mol. The van der Waals surface area contributed by atoms with Crippen molar-refractivity contribution in [3.63, 3.8) is 0 Å². The monoisotopic (exact) mass is 425 g/mol. The highest BCUT2D eigenvalue weighted by Crippen LogP contribution is 2.37. The summed E-state index contributed by atoms with van der Waals surface area (Å²) < 4.78 is 23.5. The first kappa shape index (κ1) is 18.4. The van der Waals surface area contributed by atoms with Crippen molar-refractivity contribution in [2.45, 2.75) is 19.4 Å². The van der Waals surface area contributed by atoms with E-state index in [0.29, 0.717) is 41.5 Å². The van der Waals surface area contributed by atoms with Gasteiger partial charge in [0, 0.05) is 12.0 Å². The first-order valence-electron chi connectivity index (χ1n) is 10.1. The second kappa shape index (κ2) is 6.85. The zero-order valence-corrected chi connectivity index (χ0v) is 17.0. The number of nitrogens with zero attached hydrogens (tertiary/aromatic N) is 7. The third-order valence-electron chi connectivity index (χ3n) is 5.78. The topological polar surface area (TPSA) is 94.4 Å². The van der Waals surface area contributed by atoms with Crippen molar-refractivity contribution < 1.29 is 9.13 Å². The van der Waals surface area contributed by atoms with Gasteiger partial charge in [0.1, 0.15) is 29.2 Å². The molecule has 4 heterocycles. The molecule has 0 unspecified atom stereocenters. The molecule has 0 N–H and O–H groups in total. The van der Waals surface area contributed by atoms with E-state index < -0.39 is 0 Å². The van der Waals surface area contributed by atoms with Gasteiger partial charge in [-0.05, 0) is 43.3 Å². The van der Waals surface area contributed by atoms with Gasteiger partial charge in [0.25, 0.3) is 0 Å². The number of ether oxygens (including phenoxy) is 1. The number of nitriles is 1. The molecule has 3 aromatic heterocycles. The Hall–Kier alpha value is -4.32. The van der Waals surface area contributed by atoms with Crippen LogP contribution in [0.3, 0.4) is 0 Å². The van der Waals surface area contributed by atoms with Gasteiger partial charge >= 0.3 is 0 Å². The molecule has 9 heteroatoms. The first-order chi connectivity index (χ1) is 15.6. The van der Waals surface area contributed by atoms with E-state index in [9.17, 15) is 9.65 Å². The Kier molecular flexibility index (Phi) is 3.95. The number of hydrogen-bond donors (Lipinski definition) is 0. The Morgan fingerprint density at radius 3 is 2.91 bits per heavy atom. The van der Waals surface area contributed by atoms with Crippen LogP contribution >= 0.6 is 0 Å². The molecule has 0 saturated carbocycles. The molecule has 0 fully saturated rings. The summed E-state index contributed by atoms with van der Waals surface area (Å²) in [5.41, 5.74) is 4.08. The third kappa shape index (κ3) is 2.73. The number of aryl methyl sites for hydroxylation is 1. The molecule has 2 aromatic carbocycles. The predicted octanol–water partition coefficient (Wildman–Crippen LogP) is 3.86. The van der Waals surface area contributed by atoms with E-state index in [-0.39, 0.29) is 11.9 Å². The van der Waals surface area contributed by atoms with Crippen molar-refractivity contribution in [1.82, 2.24) is 29.1 Å². The number of hydrogen-bond acceptors (Lipinski definition) is 6. The summed E-state index contributed by atoms with van der Waals surface area (Å²) in [7, 11) is 0. The number of fused-ring (bicyclic) bond motifs is 3. The van der Waals surface area contributed by atoms with Gasteiger partial charge in [-0.1, -0.05) is 0 Å². The van der Waals surface area contributed by atoms with Gasteiger partial charge < -0.3 is 9.30 Å². The van der Waals surface area contributed by atoms with E-state index in [1.807, 2.05) is 11.5 Å². The van der Waals surface area contributed by atoms with Crippen LogP contribution in [0.1, 0.15) is 29.4 Å². The molecule has 156 valence electrons. The molecule has 1 aliphatic rings. The van der Waals surface area contributed by atoms with Gasteiger partial charge in [0.05, 0.1) is 41.5 Å². The Labute approximate surface area is 181 Å². The van der Waals surface area contributed by atoms with E-state index in [1.165, 1.54) is 12.1 Å².